The number of phenolic OH excluding ortho intramolecular Hbond substituents is 1. The summed E-state index contributed by atoms with van der Waals surface area (Å²) in [4.78, 5) is 55.7. The van der Waals surface area contributed by atoms with Crippen LogP contribution in [0, 0.1) is 24.7 Å². The van der Waals surface area contributed by atoms with Crippen LogP contribution in [0.5, 0.6) is 11.5 Å². The molecule has 2 aromatic rings. The van der Waals surface area contributed by atoms with Crippen LogP contribution in [0.2, 0.25) is 5.02 Å². The summed E-state index contributed by atoms with van der Waals surface area (Å²) in [7, 11) is 0. The number of imide groups is 1. The summed E-state index contributed by atoms with van der Waals surface area (Å²) >= 11 is 6.33. The van der Waals surface area contributed by atoms with Gasteiger partial charge in [-0.1, -0.05) is 41.4 Å². The van der Waals surface area contributed by atoms with Crippen molar-refractivity contribution < 1.29 is 29.0 Å². The molecule has 6 rings (SSSR count). The highest BCUT2D eigenvalue weighted by Gasteiger charge is 2.57. The molecular weight excluding hydrogens is 530 g/mol. The zero-order valence-corrected chi connectivity index (χ0v) is 23.1. The van der Waals surface area contributed by atoms with Gasteiger partial charge in [0.05, 0.1) is 24.1 Å². The van der Waals surface area contributed by atoms with Gasteiger partial charge >= 0.3 is 0 Å². The number of rotatable bonds is 4. The van der Waals surface area contributed by atoms with Gasteiger partial charge in [0, 0.05) is 33.2 Å². The summed E-state index contributed by atoms with van der Waals surface area (Å²) in [5.41, 5.74) is 3.44. The molecule has 0 saturated carbocycles. The minimum atomic E-state index is -0.749. The first-order valence-corrected chi connectivity index (χ1v) is 13.8. The highest BCUT2D eigenvalue weighted by Crippen LogP contribution is 2.57. The number of carbonyl (C=O) groups excluding carboxylic acids is 4. The lowest BCUT2D eigenvalue weighted by atomic mass is 9.59. The predicted octanol–water partition coefficient (Wildman–Crippen LogP) is 5.39. The molecule has 2 aromatic carbocycles. The third-order valence-corrected chi connectivity index (χ3v) is 9.03. The number of ketones is 2. The average molecular weight is 558 g/mol. The Kier molecular flexibility index (Phi) is 6.30. The number of anilines is 1. The fourth-order valence-electron chi connectivity index (χ4n) is 6.74. The van der Waals surface area contributed by atoms with Gasteiger partial charge in [-0.25, -0.2) is 4.90 Å². The molecule has 8 heteroatoms. The quantitative estimate of drug-likeness (QED) is 0.307. The van der Waals surface area contributed by atoms with Crippen molar-refractivity contribution in [2.75, 3.05) is 11.5 Å². The highest BCUT2D eigenvalue weighted by molar-refractivity contribution is 6.32. The number of amides is 2. The van der Waals surface area contributed by atoms with Crippen LogP contribution in [0.3, 0.4) is 0 Å². The Bertz CT molecular complexity index is 1610. The van der Waals surface area contributed by atoms with Crippen molar-refractivity contribution in [2.45, 2.75) is 39.5 Å². The number of para-hydroxylation sites is 1. The van der Waals surface area contributed by atoms with Crippen LogP contribution in [-0.2, 0) is 19.2 Å². The topological polar surface area (TPSA) is 101 Å². The second-order valence-corrected chi connectivity index (χ2v) is 11.2. The summed E-state index contributed by atoms with van der Waals surface area (Å²) in [5.74, 6) is -3.58. The Morgan fingerprint density at radius 3 is 2.55 bits per heavy atom. The van der Waals surface area contributed by atoms with Gasteiger partial charge in [-0.15, -0.1) is 0 Å². The van der Waals surface area contributed by atoms with E-state index in [0.29, 0.717) is 46.0 Å². The van der Waals surface area contributed by atoms with E-state index in [4.69, 9.17) is 16.3 Å². The van der Waals surface area contributed by atoms with E-state index in [1.54, 1.807) is 50.2 Å². The van der Waals surface area contributed by atoms with Gasteiger partial charge in [0.2, 0.25) is 11.8 Å². The normalized spacial score (nSPS) is 25.9. The largest absolute Gasteiger partial charge is 0.504 e. The van der Waals surface area contributed by atoms with Crippen molar-refractivity contribution in [1.82, 2.24) is 0 Å². The lowest BCUT2D eigenvalue weighted by molar-refractivity contribution is -0.123. The maximum Gasteiger partial charge on any atom is 0.238 e. The zero-order valence-electron chi connectivity index (χ0n) is 22.4. The average Bonchev–Trinajstić information content (AvgIpc) is 3.19. The number of nitrogens with zero attached hydrogens (tertiary/aromatic N) is 1. The first kappa shape index (κ1) is 26.3. The van der Waals surface area contributed by atoms with E-state index < -0.39 is 23.7 Å². The molecule has 1 heterocycles. The number of hydrogen-bond acceptors (Lipinski definition) is 6. The molecule has 3 aliphatic carbocycles. The van der Waals surface area contributed by atoms with E-state index in [1.807, 2.05) is 13.0 Å². The lowest BCUT2D eigenvalue weighted by Crippen LogP contribution is -2.39. The van der Waals surface area contributed by atoms with E-state index in [0.717, 1.165) is 11.1 Å². The van der Waals surface area contributed by atoms with Gasteiger partial charge < -0.3 is 9.84 Å². The van der Waals surface area contributed by atoms with E-state index >= 15 is 0 Å². The van der Waals surface area contributed by atoms with Crippen molar-refractivity contribution in [3.05, 3.63) is 87.0 Å². The molecule has 40 heavy (non-hydrogen) atoms. The fraction of sp³-hybridized carbons (Fsp3) is 0.312. The molecular formula is C32H28ClNO6. The van der Waals surface area contributed by atoms with E-state index in [9.17, 15) is 24.3 Å². The van der Waals surface area contributed by atoms with Crippen LogP contribution in [0.4, 0.5) is 5.69 Å². The zero-order chi connectivity index (χ0) is 28.5. The van der Waals surface area contributed by atoms with E-state index in [1.165, 1.54) is 11.0 Å². The minimum absolute atomic E-state index is 0.109. The molecule has 0 radical (unpaired) electrons. The molecule has 7 nitrogen and oxygen atoms in total. The number of halogens is 1. The molecule has 1 fully saturated rings. The molecule has 1 N–H and O–H groups in total. The van der Waals surface area contributed by atoms with Crippen molar-refractivity contribution >= 4 is 40.7 Å². The monoisotopic (exact) mass is 557 g/mol. The fourth-order valence-corrected chi connectivity index (χ4v) is 6.91. The number of carbonyl (C=O) groups is 4. The number of phenols is 1. The smallest absolute Gasteiger partial charge is 0.238 e. The van der Waals surface area contributed by atoms with Gasteiger partial charge in [0.15, 0.2) is 23.1 Å². The van der Waals surface area contributed by atoms with Gasteiger partial charge in [-0.05, 0) is 69.4 Å². The number of fused-ring (bicyclic) bond motifs is 3. The Morgan fingerprint density at radius 1 is 1.05 bits per heavy atom. The number of allylic oxidation sites excluding steroid dienone is 6. The minimum Gasteiger partial charge on any atom is -0.504 e. The highest BCUT2D eigenvalue weighted by atomic mass is 35.5. The molecule has 4 aliphatic rings. The van der Waals surface area contributed by atoms with E-state index in [2.05, 4.69) is 0 Å². The van der Waals surface area contributed by atoms with Crippen molar-refractivity contribution in [3.63, 3.8) is 0 Å². The van der Waals surface area contributed by atoms with Gasteiger partial charge in [-0.3, -0.25) is 19.2 Å². The number of hydrogen-bond donors (Lipinski definition) is 1. The molecule has 0 unspecified atom stereocenters. The Morgan fingerprint density at radius 2 is 1.82 bits per heavy atom. The molecule has 4 atom stereocenters. The van der Waals surface area contributed by atoms with Crippen LogP contribution in [0.1, 0.15) is 43.7 Å². The predicted molar refractivity (Wildman–Crippen MR) is 149 cm³/mol. The summed E-state index contributed by atoms with van der Waals surface area (Å²) < 4.78 is 5.63. The Labute approximate surface area is 236 Å². The second-order valence-electron chi connectivity index (χ2n) is 10.8. The number of benzene rings is 2. The SMILES string of the molecule is CCOc1cccc([C@H]2C3=CC[C@@H]4C(=O)N(c5ccc(C)c(Cl)c5)C(=O)[C@@H]4[C@@H]3CC3=C2C(=O)C(C)=CC3=O)c1O. The Balaban J connectivity index is 1.50. The first-order chi connectivity index (χ1) is 19.1. The number of Topliss-reactive ketones (excluding diaryl/α,β-unsaturated/α-hetero) is 1. The first-order valence-electron chi connectivity index (χ1n) is 13.4. The van der Waals surface area contributed by atoms with Crippen molar-refractivity contribution in [3.8, 4) is 11.5 Å². The molecule has 204 valence electrons. The summed E-state index contributed by atoms with van der Waals surface area (Å²) in [6.45, 7) is 5.59. The third kappa shape index (κ3) is 3.79. The molecule has 1 saturated heterocycles. The maximum atomic E-state index is 14.0. The van der Waals surface area contributed by atoms with Gasteiger partial charge in [0.25, 0.3) is 0 Å². The number of ether oxygens (including phenoxy) is 1. The molecule has 0 aromatic heterocycles. The van der Waals surface area contributed by atoms with Crippen LogP contribution in [0.25, 0.3) is 0 Å². The maximum absolute atomic E-state index is 14.0. The van der Waals surface area contributed by atoms with Gasteiger partial charge in [-0.2, -0.15) is 0 Å². The van der Waals surface area contributed by atoms with Crippen LogP contribution < -0.4 is 9.64 Å². The summed E-state index contributed by atoms with van der Waals surface area (Å²) in [5, 5.41) is 11.7. The molecule has 0 spiro atoms. The van der Waals surface area contributed by atoms with Crippen LogP contribution >= 0.6 is 11.6 Å². The van der Waals surface area contributed by atoms with Crippen molar-refractivity contribution in [2.24, 2.45) is 17.8 Å². The molecule has 1 aliphatic heterocycles. The standard InChI is InChI=1S/C32H28ClNO6/c1-4-40-25-7-5-6-19(30(25)37)26-18-10-11-20-27(21(18)14-22-24(35)12-16(3)29(36)28(22)26)32(39)34(31(20)38)17-9-8-15(2)23(33)13-17/h5-10,12-13,20-21,26-27,37H,4,11,14H2,1-3H3/t20-,21+,26+,27-/m0/s1. The Hall–Kier alpha value is -3.97. The number of aromatic hydroxyl groups is 1. The number of aryl methyl sites for hydroxylation is 1. The molecule has 2 amide bonds. The van der Waals surface area contributed by atoms with Crippen molar-refractivity contribution in [1.29, 1.82) is 0 Å². The lowest BCUT2D eigenvalue weighted by Gasteiger charge is -2.42. The second kappa shape index (κ2) is 9.59. The van der Waals surface area contributed by atoms with Crippen LogP contribution in [-0.4, -0.2) is 35.1 Å². The summed E-state index contributed by atoms with van der Waals surface area (Å²) in [6.07, 6.45) is 3.74. The molecule has 0 bridgehead atoms. The van der Waals surface area contributed by atoms with E-state index in [-0.39, 0.29) is 41.3 Å². The van der Waals surface area contributed by atoms with Gasteiger partial charge in [0.1, 0.15) is 0 Å². The third-order valence-electron chi connectivity index (χ3n) is 8.62. The summed E-state index contributed by atoms with van der Waals surface area (Å²) in [6, 6.07) is 10.2. The van der Waals surface area contributed by atoms with Crippen LogP contribution in [0.15, 0.2) is 70.8 Å².